The van der Waals surface area contributed by atoms with Crippen LogP contribution in [-0.2, 0) is 19.1 Å². The van der Waals surface area contributed by atoms with Gasteiger partial charge in [-0.25, -0.2) is 5.84 Å². The van der Waals surface area contributed by atoms with Gasteiger partial charge in [-0.1, -0.05) is 0 Å². The van der Waals surface area contributed by atoms with Crippen molar-refractivity contribution >= 4 is 29.5 Å². The van der Waals surface area contributed by atoms with Gasteiger partial charge in [0.2, 0.25) is 11.8 Å². The molecule has 124 valence electrons. The number of carbonyl (C=O) groups is 3. The normalized spacial score (nSPS) is 26.1. The number of rotatable bonds is 6. The smallest absolute Gasteiger partial charge is 0.257 e. The molecular weight excluding hydrogens is 308 g/mol. The third-order valence-electron chi connectivity index (χ3n) is 3.67. The van der Waals surface area contributed by atoms with Gasteiger partial charge in [0, 0.05) is 18.8 Å². The van der Waals surface area contributed by atoms with Crippen LogP contribution in [0, 0.1) is 0 Å². The van der Waals surface area contributed by atoms with Gasteiger partial charge < -0.3 is 15.4 Å². The van der Waals surface area contributed by atoms with Crippen LogP contribution in [0.5, 0.6) is 0 Å². The van der Waals surface area contributed by atoms with E-state index in [0.717, 1.165) is 25.9 Å². The molecule has 2 aliphatic rings. The maximum Gasteiger partial charge on any atom is 0.257 e. The summed E-state index contributed by atoms with van der Waals surface area (Å²) >= 11 is 1.49. The summed E-state index contributed by atoms with van der Waals surface area (Å²) in [5.74, 6) is 4.58. The summed E-state index contributed by atoms with van der Waals surface area (Å²) in [5, 5.41) is 5.22. The zero-order valence-corrected chi connectivity index (χ0v) is 13.1. The van der Waals surface area contributed by atoms with Crippen molar-refractivity contribution in [1.82, 2.24) is 16.1 Å². The summed E-state index contributed by atoms with van der Waals surface area (Å²) in [4.78, 5) is 35.0. The number of ether oxygens (including phenoxy) is 1. The molecule has 0 aromatic heterocycles. The molecule has 0 radical (unpaired) electrons. The molecule has 9 heteroatoms. The van der Waals surface area contributed by atoms with Crippen LogP contribution in [-0.4, -0.2) is 47.6 Å². The summed E-state index contributed by atoms with van der Waals surface area (Å²) in [7, 11) is 0. The average Bonchev–Trinajstić information content (AvgIpc) is 2.98. The lowest BCUT2D eigenvalue weighted by Gasteiger charge is -2.25. The minimum absolute atomic E-state index is 0.0462. The number of amides is 3. The van der Waals surface area contributed by atoms with E-state index < -0.39 is 18.0 Å². The second kappa shape index (κ2) is 8.35. The Morgan fingerprint density at radius 2 is 2.23 bits per heavy atom. The molecule has 2 rings (SSSR count). The Balaban J connectivity index is 1.84. The molecule has 0 aromatic rings. The van der Waals surface area contributed by atoms with Gasteiger partial charge in [0.25, 0.3) is 5.91 Å². The van der Waals surface area contributed by atoms with Crippen molar-refractivity contribution in [2.45, 2.75) is 49.6 Å². The number of carbonyl (C=O) groups excluding carboxylic acids is 3. The Morgan fingerprint density at radius 3 is 2.82 bits per heavy atom. The molecular formula is C13H22N4O4S. The largest absolute Gasteiger partial charge is 0.368 e. The van der Waals surface area contributed by atoms with Crippen molar-refractivity contribution in [3.05, 3.63) is 0 Å². The van der Waals surface area contributed by atoms with E-state index in [0.29, 0.717) is 18.6 Å². The van der Waals surface area contributed by atoms with E-state index in [4.69, 9.17) is 10.6 Å². The van der Waals surface area contributed by atoms with E-state index in [2.05, 4.69) is 16.1 Å². The van der Waals surface area contributed by atoms with Crippen LogP contribution in [0.15, 0.2) is 0 Å². The van der Waals surface area contributed by atoms with Crippen molar-refractivity contribution in [1.29, 1.82) is 0 Å². The topological polar surface area (TPSA) is 123 Å². The van der Waals surface area contributed by atoms with Gasteiger partial charge in [-0.3, -0.25) is 19.8 Å². The van der Waals surface area contributed by atoms with E-state index in [1.807, 2.05) is 0 Å². The fourth-order valence-corrected chi connectivity index (χ4v) is 3.58. The van der Waals surface area contributed by atoms with Crippen LogP contribution in [0.2, 0.25) is 0 Å². The van der Waals surface area contributed by atoms with Crippen molar-refractivity contribution in [2.24, 2.45) is 5.84 Å². The third kappa shape index (κ3) is 4.85. The first-order valence-corrected chi connectivity index (χ1v) is 8.48. The van der Waals surface area contributed by atoms with Gasteiger partial charge in [-0.05, 0) is 25.7 Å². The Morgan fingerprint density at radius 1 is 1.41 bits per heavy atom. The van der Waals surface area contributed by atoms with Crippen LogP contribution in [0.3, 0.4) is 0 Å². The Labute approximate surface area is 133 Å². The minimum atomic E-state index is -0.745. The number of hydrogen-bond donors (Lipinski definition) is 4. The molecule has 8 nitrogen and oxygen atoms in total. The highest BCUT2D eigenvalue weighted by molar-refractivity contribution is 7.99. The van der Waals surface area contributed by atoms with Crippen molar-refractivity contribution in [2.75, 3.05) is 12.4 Å². The van der Waals surface area contributed by atoms with E-state index in [9.17, 15) is 14.4 Å². The highest BCUT2D eigenvalue weighted by Crippen LogP contribution is 2.23. The molecule has 0 aliphatic carbocycles. The number of thioether (sulfide) groups is 1. The monoisotopic (exact) mass is 330 g/mol. The second-order valence-electron chi connectivity index (χ2n) is 5.36. The first-order valence-electron chi connectivity index (χ1n) is 7.43. The molecule has 0 unspecified atom stereocenters. The van der Waals surface area contributed by atoms with Crippen molar-refractivity contribution in [3.63, 3.8) is 0 Å². The number of hydrazine groups is 1. The van der Waals surface area contributed by atoms with Gasteiger partial charge in [0.05, 0.1) is 0 Å². The lowest BCUT2D eigenvalue weighted by atomic mass is 10.2. The molecule has 2 saturated heterocycles. The van der Waals surface area contributed by atoms with Crippen LogP contribution < -0.4 is 21.9 Å². The molecule has 5 N–H and O–H groups in total. The molecule has 0 bridgehead atoms. The summed E-state index contributed by atoms with van der Waals surface area (Å²) < 4.78 is 5.59. The lowest BCUT2D eigenvalue weighted by molar-refractivity contribution is -0.130. The first kappa shape index (κ1) is 17.0. The molecule has 2 heterocycles. The zero-order valence-electron chi connectivity index (χ0n) is 12.3. The molecule has 2 fully saturated rings. The molecule has 2 aliphatic heterocycles. The fourth-order valence-electron chi connectivity index (χ4n) is 2.41. The Hall–Kier alpha value is -1.32. The van der Waals surface area contributed by atoms with E-state index >= 15 is 0 Å². The molecule has 3 atom stereocenters. The highest BCUT2D eigenvalue weighted by atomic mass is 32.2. The first-order chi connectivity index (χ1) is 10.6. The highest BCUT2D eigenvalue weighted by Gasteiger charge is 2.30. The molecule has 22 heavy (non-hydrogen) atoms. The Bertz CT molecular complexity index is 428. The second-order valence-corrected chi connectivity index (χ2v) is 6.55. The number of nitrogens with one attached hydrogen (secondary N) is 3. The number of hydrogen-bond acceptors (Lipinski definition) is 6. The summed E-state index contributed by atoms with van der Waals surface area (Å²) in [5.41, 5.74) is 2.11. The summed E-state index contributed by atoms with van der Waals surface area (Å²) in [6.45, 7) is 0.728. The maximum atomic E-state index is 12.1. The van der Waals surface area contributed by atoms with Gasteiger partial charge in [-0.15, -0.1) is 11.8 Å². The van der Waals surface area contributed by atoms with Gasteiger partial charge in [-0.2, -0.15) is 0 Å². The van der Waals surface area contributed by atoms with Crippen LogP contribution in [0.25, 0.3) is 0 Å². The minimum Gasteiger partial charge on any atom is -0.368 e. The maximum absolute atomic E-state index is 12.1. The SMILES string of the molecule is NNC(=O)[C@H](CS[C@@H]1CCCCO1)NC(=O)[C@H]1CCC(=O)N1. The van der Waals surface area contributed by atoms with E-state index in [-0.39, 0.29) is 17.3 Å². The molecule has 0 saturated carbocycles. The Kier molecular flexibility index (Phi) is 6.47. The van der Waals surface area contributed by atoms with E-state index in [1.165, 1.54) is 11.8 Å². The fraction of sp³-hybridized carbons (Fsp3) is 0.769. The quantitative estimate of drug-likeness (QED) is 0.281. The van der Waals surface area contributed by atoms with Crippen molar-refractivity contribution in [3.8, 4) is 0 Å². The summed E-state index contributed by atoms with van der Waals surface area (Å²) in [6, 6.07) is -1.32. The predicted octanol–water partition coefficient (Wildman–Crippen LogP) is -1.00. The predicted molar refractivity (Wildman–Crippen MR) is 81.5 cm³/mol. The molecule has 0 aromatic carbocycles. The average molecular weight is 330 g/mol. The van der Waals surface area contributed by atoms with E-state index in [1.54, 1.807) is 0 Å². The van der Waals surface area contributed by atoms with Gasteiger partial charge >= 0.3 is 0 Å². The zero-order chi connectivity index (χ0) is 15.9. The van der Waals surface area contributed by atoms with Gasteiger partial charge in [0.15, 0.2) is 0 Å². The van der Waals surface area contributed by atoms with Crippen LogP contribution in [0.1, 0.15) is 32.1 Å². The van der Waals surface area contributed by atoms with Crippen LogP contribution in [0.4, 0.5) is 0 Å². The standard InChI is InChI=1S/C13H22N4O4S/c14-17-13(20)9(7-22-11-3-1-2-6-21-11)16-12(19)8-4-5-10(18)15-8/h8-9,11H,1-7,14H2,(H,15,18)(H,16,19)(H,17,20)/t8-,9+,11-/m1/s1. The van der Waals surface area contributed by atoms with Crippen molar-refractivity contribution < 1.29 is 19.1 Å². The lowest BCUT2D eigenvalue weighted by Crippen LogP contribution is -2.54. The van der Waals surface area contributed by atoms with Gasteiger partial charge in [0.1, 0.15) is 17.5 Å². The summed E-state index contributed by atoms with van der Waals surface area (Å²) in [6.07, 6.45) is 3.87. The molecule has 0 spiro atoms. The third-order valence-corrected chi connectivity index (χ3v) is 4.94. The van der Waals surface area contributed by atoms with Crippen LogP contribution >= 0.6 is 11.8 Å². The number of nitrogens with two attached hydrogens (primary N) is 1. The molecule has 3 amide bonds.